The summed E-state index contributed by atoms with van der Waals surface area (Å²) in [6.07, 6.45) is 0. The summed E-state index contributed by atoms with van der Waals surface area (Å²) in [6, 6.07) is 11.2. The number of amides is 1. The van der Waals surface area contributed by atoms with Crippen LogP contribution in [-0.4, -0.2) is 63.9 Å². The second-order valence-electron chi connectivity index (χ2n) is 8.25. The van der Waals surface area contributed by atoms with E-state index in [0.717, 1.165) is 30.4 Å². The molecule has 0 saturated carbocycles. The molecule has 1 saturated heterocycles. The van der Waals surface area contributed by atoms with Crippen LogP contribution in [0.25, 0.3) is 5.65 Å². The molecule has 4 rings (SSSR count). The molecule has 152 valence electrons. The predicted octanol–water partition coefficient (Wildman–Crippen LogP) is 2.39. The lowest BCUT2D eigenvalue weighted by molar-refractivity contribution is 0.0746. The number of carbonyl (C=O) groups is 1. The lowest BCUT2D eigenvalue weighted by Gasteiger charge is -2.35. The van der Waals surface area contributed by atoms with Crippen molar-refractivity contribution in [2.75, 3.05) is 38.2 Å². The number of nitrogens with zero attached hydrogens (tertiary/aromatic N) is 6. The highest BCUT2D eigenvalue weighted by atomic mass is 16.5. The van der Waals surface area contributed by atoms with E-state index in [2.05, 4.69) is 35.9 Å². The van der Waals surface area contributed by atoms with E-state index < -0.39 is 0 Å². The highest BCUT2D eigenvalue weighted by Crippen LogP contribution is 2.22. The second-order valence-corrected chi connectivity index (χ2v) is 8.25. The van der Waals surface area contributed by atoms with Crippen LogP contribution in [-0.2, 0) is 5.41 Å². The van der Waals surface area contributed by atoms with E-state index in [1.807, 2.05) is 39.7 Å². The SMILES string of the molecule is COc1cccc(C(=O)N2CCN(c3ccc4nnc(C(C)(C)C)n4n3)CC2)c1. The Bertz CT molecular complexity index is 1030. The Hall–Kier alpha value is -3.16. The molecule has 29 heavy (non-hydrogen) atoms. The van der Waals surface area contributed by atoms with Gasteiger partial charge in [0.2, 0.25) is 0 Å². The van der Waals surface area contributed by atoms with Gasteiger partial charge in [0.15, 0.2) is 11.5 Å². The van der Waals surface area contributed by atoms with Gasteiger partial charge in [0.05, 0.1) is 7.11 Å². The molecule has 0 bridgehead atoms. The summed E-state index contributed by atoms with van der Waals surface area (Å²) < 4.78 is 7.05. The molecule has 8 heteroatoms. The zero-order valence-electron chi connectivity index (χ0n) is 17.3. The van der Waals surface area contributed by atoms with E-state index in [1.165, 1.54) is 0 Å². The third-order valence-electron chi connectivity index (χ3n) is 5.13. The van der Waals surface area contributed by atoms with Gasteiger partial charge < -0.3 is 14.5 Å². The monoisotopic (exact) mass is 394 g/mol. The number of fused-ring (bicyclic) bond motifs is 1. The van der Waals surface area contributed by atoms with Crippen molar-refractivity contribution in [3.8, 4) is 5.75 Å². The minimum absolute atomic E-state index is 0.0285. The molecule has 1 fully saturated rings. The molecule has 3 heterocycles. The third kappa shape index (κ3) is 3.74. The van der Waals surface area contributed by atoms with Crippen LogP contribution in [0.4, 0.5) is 5.82 Å². The standard InChI is InChI=1S/C21H26N6O2/c1-21(2,3)20-23-22-17-8-9-18(24-27(17)20)25-10-12-26(13-11-25)19(28)15-6-5-7-16(14-15)29-4/h5-9,14H,10-13H2,1-4H3. The maximum absolute atomic E-state index is 12.8. The summed E-state index contributed by atoms with van der Waals surface area (Å²) >= 11 is 0. The number of benzene rings is 1. The Labute approximate surface area is 170 Å². The molecule has 0 unspecified atom stereocenters. The number of carbonyl (C=O) groups excluding carboxylic acids is 1. The first-order chi connectivity index (χ1) is 13.9. The zero-order chi connectivity index (χ0) is 20.6. The second kappa shape index (κ2) is 7.35. The molecule has 3 aromatic rings. The van der Waals surface area contributed by atoms with Crippen molar-refractivity contribution >= 4 is 17.4 Å². The van der Waals surface area contributed by atoms with Crippen LogP contribution in [0.2, 0.25) is 0 Å². The van der Waals surface area contributed by atoms with Gasteiger partial charge in [-0.15, -0.1) is 15.3 Å². The molecule has 0 atom stereocenters. The summed E-state index contributed by atoms with van der Waals surface area (Å²) in [5.41, 5.74) is 1.24. The lowest BCUT2D eigenvalue weighted by atomic mass is 9.96. The van der Waals surface area contributed by atoms with Crippen molar-refractivity contribution < 1.29 is 9.53 Å². The van der Waals surface area contributed by atoms with Crippen molar-refractivity contribution in [2.45, 2.75) is 26.2 Å². The lowest BCUT2D eigenvalue weighted by Crippen LogP contribution is -2.49. The van der Waals surface area contributed by atoms with Crippen LogP contribution in [0, 0.1) is 0 Å². The third-order valence-corrected chi connectivity index (χ3v) is 5.13. The van der Waals surface area contributed by atoms with E-state index >= 15 is 0 Å². The van der Waals surface area contributed by atoms with Gasteiger partial charge in [-0.3, -0.25) is 4.79 Å². The van der Waals surface area contributed by atoms with Gasteiger partial charge in [0.25, 0.3) is 5.91 Å². The highest BCUT2D eigenvalue weighted by molar-refractivity contribution is 5.94. The zero-order valence-corrected chi connectivity index (χ0v) is 17.3. The van der Waals surface area contributed by atoms with Gasteiger partial charge in [-0.2, -0.15) is 4.52 Å². The summed E-state index contributed by atoms with van der Waals surface area (Å²) in [7, 11) is 1.60. The average molecular weight is 394 g/mol. The van der Waals surface area contributed by atoms with Gasteiger partial charge >= 0.3 is 0 Å². The number of piperazine rings is 1. The van der Waals surface area contributed by atoms with Crippen LogP contribution in [0.3, 0.4) is 0 Å². The van der Waals surface area contributed by atoms with E-state index in [9.17, 15) is 4.79 Å². The minimum Gasteiger partial charge on any atom is -0.497 e. The molecule has 1 aliphatic heterocycles. The fraction of sp³-hybridized carbons (Fsp3) is 0.429. The molecule has 1 amide bonds. The minimum atomic E-state index is -0.146. The van der Waals surface area contributed by atoms with E-state index in [4.69, 9.17) is 9.84 Å². The number of methoxy groups -OCH3 is 1. The molecule has 0 N–H and O–H groups in total. The maximum atomic E-state index is 12.8. The highest BCUT2D eigenvalue weighted by Gasteiger charge is 2.25. The van der Waals surface area contributed by atoms with Gasteiger partial charge in [0.1, 0.15) is 11.6 Å². The van der Waals surface area contributed by atoms with E-state index in [-0.39, 0.29) is 11.3 Å². The summed E-state index contributed by atoms with van der Waals surface area (Å²) in [5, 5.41) is 13.3. The molecule has 0 radical (unpaired) electrons. The van der Waals surface area contributed by atoms with Gasteiger partial charge in [-0.25, -0.2) is 0 Å². The fourth-order valence-corrected chi connectivity index (χ4v) is 3.49. The molecule has 0 aliphatic carbocycles. The van der Waals surface area contributed by atoms with Gasteiger partial charge in [-0.05, 0) is 30.3 Å². The Morgan fingerprint density at radius 1 is 1.03 bits per heavy atom. The Kier molecular flexibility index (Phi) is 4.86. The van der Waals surface area contributed by atoms with Gasteiger partial charge in [0, 0.05) is 37.2 Å². The van der Waals surface area contributed by atoms with Crippen LogP contribution in [0.15, 0.2) is 36.4 Å². The van der Waals surface area contributed by atoms with Crippen molar-refractivity contribution in [1.82, 2.24) is 24.7 Å². The number of hydrogen-bond donors (Lipinski definition) is 0. The Morgan fingerprint density at radius 2 is 1.79 bits per heavy atom. The van der Waals surface area contributed by atoms with Crippen molar-refractivity contribution in [2.24, 2.45) is 0 Å². The average Bonchev–Trinajstić information content (AvgIpc) is 3.17. The van der Waals surface area contributed by atoms with Gasteiger partial charge in [-0.1, -0.05) is 26.8 Å². The molecular formula is C21H26N6O2. The Morgan fingerprint density at radius 3 is 2.48 bits per heavy atom. The molecule has 0 spiro atoms. The first-order valence-electron chi connectivity index (χ1n) is 9.78. The molecule has 1 aliphatic rings. The van der Waals surface area contributed by atoms with E-state index in [0.29, 0.717) is 24.4 Å². The molecular weight excluding hydrogens is 368 g/mol. The van der Waals surface area contributed by atoms with Crippen LogP contribution < -0.4 is 9.64 Å². The predicted molar refractivity (Wildman–Crippen MR) is 111 cm³/mol. The first kappa shape index (κ1) is 19.2. The number of aromatic nitrogens is 4. The largest absolute Gasteiger partial charge is 0.497 e. The summed E-state index contributed by atoms with van der Waals surface area (Å²) in [5.74, 6) is 2.42. The number of anilines is 1. The van der Waals surface area contributed by atoms with Crippen LogP contribution in [0.5, 0.6) is 5.75 Å². The number of rotatable bonds is 3. The fourth-order valence-electron chi connectivity index (χ4n) is 3.49. The first-order valence-corrected chi connectivity index (χ1v) is 9.78. The topological polar surface area (TPSA) is 75.9 Å². The van der Waals surface area contributed by atoms with Crippen LogP contribution >= 0.6 is 0 Å². The maximum Gasteiger partial charge on any atom is 0.254 e. The van der Waals surface area contributed by atoms with Crippen molar-refractivity contribution in [1.29, 1.82) is 0 Å². The molecule has 2 aromatic heterocycles. The van der Waals surface area contributed by atoms with Crippen molar-refractivity contribution in [3.63, 3.8) is 0 Å². The smallest absolute Gasteiger partial charge is 0.254 e. The quantitative estimate of drug-likeness (QED) is 0.679. The summed E-state index contributed by atoms with van der Waals surface area (Å²) in [4.78, 5) is 16.9. The van der Waals surface area contributed by atoms with E-state index in [1.54, 1.807) is 13.2 Å². The summed E-state index contributed by atoms with van der Waals surface area (Å²) in [6.45, 7) is 9.03. The van der Waals surface area contributed by atoms with Crippen LogP contribution in [0.1, 0.15) is 37.0 Å². The molecule has 8 nitrogen and oxygen atoms in total. The molecule has 1 aromatic carbocycles. The Balaban J connectivity index is 1.49. The number of ether oxygens (including phenoxy) is 1. The number of hydrogen-bond acceptors (Lipinski definition) is 6. The normalized spacial score (nSPS) is 15.0. The van der Waals surface area contributed by atoms with Crippen molar-refractivity contribution in [3.05, 3.63) is 47.8 Å².